The number of unbranched alkanes of at least 4 members (excludes halogenated alkanes) is 1. The van der Waals surface area contributed by atoms with Gasteiger partial charge in [0.15, 0.2) is 0 Å². The number of carboxylic acid groups (broad SMARTS) is 1. The number of nitrogens with two attached hydrogens (primary N) is 2. The fourth-order valence-corrected chi connectivity index (χ4v) is 3.82. The Morgan fingerprint density at radius 2 is 1.24 bits per heavy atom. The number of carbonyl (C=O) groups is 4. The van der Waals surface area contributed by atoms with Crippen molar-refractivity contribution in [2.45, 2.75) is 70.1 Å². The highest BCUT2D eigenvalue weighted by molar-refractivity contribution is 7.98. The molecular weight excluding hydrogens is 466 g/mol. The first-order valence-corrected chi connectivity index (χ1v) is 13.9. The molecule has 4 atom stereocenters. The summed E-state index contributed by atoms with van der Waals surface area (Å²) in [5.41, 5.74) is 11.5. The SMILES string of the molecule is CSCCC(NC(=O)C(CCCCN)NC(=O)C(CCSC)NC(=O)C(N)C(C)C)C(=O)O. The molecule has 0 heterocycles. The van der Waals surface area contributed by atoms with Crippen molar-refractivity contribution in [3.63, 3.8) is 0 Å². The molecule has 3 amide bonds. The summed E-state index contributed by atoms with van der Waals surface area (Å²) in [7, 11) is 0. The minimum Gasteiger partial charge on any atom is -0.480 e. The Labute approximate surface area is 205 Å². The van der Waals surface area contributed by atoms with Crippen LogP contribution in [0.15, 0.2) is 0 Å². The normalized spacial score (nSPS) is 14.8. The second-order valence-electron chi connectivity index (χ2n) is 8.14. The molecule has 12 heteroatoms. The molecule has 0 spiro atoms. The van der Waals surface area contributed by atoms with Gasteiger partial charge in [-0.3, -0.25) is 14.4 Å². The highest BCUT2D eigenvalue weighted by Crippen LogP contribution is 2.08. The zero-order valence-electron chi connectivity index (χ0n) is 20.1. The molecule has 0 aliphatic rings. The van der Waals surface area contributed by atoms with E-state index in [1.165, 1.54) is 23.5 Å². The highest BCUT2D eigenvalue weighted by atomic mass is 32.2. The molecule has 0 fully saturated rings. The van der Waals surface area contributed by atoms with E-state index >= 15 is 0 Å². The quantitative estimate of drug-likeness (QED) is 0.141. The number of thioether (sulfide) groups is 2. The Hall–Kier alpha value is -1.50. The van der Waals surface area contributed by atoms with Crippen molar-refractivity contribution in [2.75, 3.05) is 30.6 Å². The lowest BCUT2D eigenvalue weighted by atomic mass is 10.0. The van der Waals surface area contributed by atoms with Crippen LogP contribution in [0.3, 0.4) is 0 Å². The van der Waals surface area contributed by atoms with Gasteiger partial charge in [0.1, 0.15) is 18.1 Å². The van der Waals surface area contributed by atoms with Gasteiger partial charge in [0, 0.05) is 0 Å². The topological polar surface area (TPSA) is 177 Å². The van der Waals surface area contributed by atoms with E-state index in [9.17, 15) is 24.3 Å². The summed E-state index contributed by atoms with van der Waals surface area (Å²) in [6.45, 7) is 4.07. The third kappa shape index (κ3) is 13.1. The minimum absolute atomic E-state index is 0.0988. The number of nitrogens with one attached hydrogen (secondary N) is 3. The Morgan fingerprint density at radius 1 is 0.788 bits per heavy atom. The number of hydrogen-bond acceptors (Lipinski definition) is 8. The molecule has 4 unspecified atom stereocenters. The van der Waals surface area contributed by atoms with Crippen molar-refractivity contribution in [1.82, 2.24) is 16.0 Å². The van der Waals surface area contributed by atoms with E-state index in [0.29, 0.717) is 43.7 Å². The summed E-state index contributed by atoms with van der Waals surface area (Å²) in [4.78, 5) is 49.8. The second kappa shape index (κ2) is 17.9. The molecule has 8 N–H and O–H groups in total. The van der Waals surface area contributed by atoms with Crippen LogP contribution in [-0.4, -0.2) is 83.5 Å². The number of hydrogen-bond donors (Lipinski definition) is 6. The van der Waals surface area contributed by atoms with Gasteiger partial charge < -0.3 is 32.5 Å². The summed E-state index contributed by atoms with van der Waals surface area (Å²) < 4.78 is 0. The molecule has 0 aromatic rings. The molecular formula is C21H41N5O5S2. The first-order chi connectivity index (χ1) is 15.6. The third-order valence-electron chi connectivity index (χ3n) is 5.07. The van der Waals surface area contributed by atoms with Crippen LogP contribution in [0.1, 0.15) is 46.0 Å². The summed E-state index contributed by atoms with van der Waals surface area (Å²) in [5, 5.41) is 17.3. The second-order valence-corrected chi connectivity index (χ2v) is 10.1. The zero-order chi connectivity index (χ0) is 25.4. The van der Waals surface area contributed by atoms with Crippen molar-refractivity contribution >= 4 is 47.2 Å². The maximum Gasteiger partial charge on any atom is 0.326 e. The van der Waals surface area contributed by atoms with E-state index < -0.39 is 47.9 Å². The monoisotopic (exact) mass is 507 g/mol. The van der Waals surface area contributed by atoms with E-state index in [4.69, 9.17) is 11.5 Å². The van der Waals surface area contributed by atoms with Gasteiger partial charge in [0.25, 0.3) is 0 Å². The van der Waals surface area contributed by atoms with Crippen LogP contribution in [0.2, 0.25) is 0 Å². The standard InChI is InChI=1S/C21H41N5O5S2/c1-13(2)17(23)20(29)25-15(8-11-32-3)19(28)24-14(7-5-6-10-22)18(27)26-16(21(30)31)9-12-33-4/h13-17H,5-12,22-23H2,1-4H3,(H,24,28)(H,25,29)(H,26,27)(H,30,31). The average molecular weight is 508 g/mol. The fourth-order valence-electron chi connectivity index (χ4n) is 2.87. The lowest BCUT2D eigenvalue weighted by Gasteiger charge is -2.25. The van der Waals surface area contributed by atoms with Crippen LogP contribution < -0.4 is 27.4 Å². The number of amides is 3. The first-order valence-electron chi connectivity index (χ1n) is 11.2. The molecule has 0 saturated carbocycles. The number of carbonyl (C=O) groups excluding carboxylic acids is 3. The molecule has 0 rings (SSSR count). The van der Waals surface area contributed by atoms with Gasteiger partial charge in [-0.15, -0.1) is 0 Å². The zero-order valence-corrected chi connectivity index (χ0v) is 21.7. The van der Waals surface area contributed by atoms with Gasteiger partial charge in [-0.25, -0.2) is 4.79 Å². The van der Waals surface area contributed by atoms with Crippen LogP contribution in [0.25, 0.3) is 0 Å². The Morgan fingerprint density at radius 3 is 1.70 bits per heavy atom. The van der Waals surface area contributed by atoms with E-state index in [0.717, 1.165) is 0 Å². The van der Waals surface area contributed by atoms with Crippen molar-refractivity contribution in [1.29, 1.82) is 0 Å². The number of carboxylic acids is 1. The largest absolute Gasteiger partial charge is 0.480 e. The number of aliphatic carboxylic acids is 1. The van der Waals surface area contributed by atoms with Crippen molar-refractivity contribution in [2.24, 2.45) is 17.4 Å². The molecule has 0 saturated heterocycles. The van der Waals surface area contributed by atoms with Gasteiger partial charge in [-0.2, -0.15) is 23.5 Å². The Balaban J connectivity index is 5.43. The molecule has 0 aliphatic carbocycles. The van der Waals surface area contributed by atoms with E-state index in [-0.39, 0.29) is 12.3 Å². The van der Waals surface area contributed by atoms with Crippen LogP contribution in [0.4, 0.5) is 0 Å². The van der Waals surface area contributed by atoms with Crippen LogP contribution in [0, 0.1) is 5.92 Å². The van der Waals surface area contributed by atoms with E-state index in [2.05, 4.69) is 16.0 Å². The lowest BCUT2D eigenvalue weighted by molar-refractivity contribution is -0.142. The maximum absolute atomic E-state index is 13.0. The molecule has 0 aromatic heterocycles. The Bertz CT molecular complexity index is 624. The van der Waals surface area contributed by atoms with E-state index in [1.807, 2.05) is 26.4 Å². The van der Waals surface area contributed by atoms with Crippen molar-refractivity contribution in [3.05, 3.63) is 0 Å². The molecule has 0 bridgehead atoms. The van der Waals surface area contributed by atoms with Crippen LogP contribution >= 0.6 is 23.5 Å². The predicted octanol–water partition coefficient (Wildman–Crippen LogP) is 0.144. The predicted molar refractivity (Wildman–Crippen MR) is 135 cm³/mol. The van der Waals surface area contributed by atoms with Crippen LogP contribution in [-0.2, 0) is 19.2 Å². The molecule has 33 heavy (non-hydrogen) atoms. The fraction of sp³-hybridized carbons (Fsp3) is 0.810. The molecule has 0 radical (unpaired) electrons. The maximum atomic E-state index is 13.0. The van der Waals surface area contributed by atoms with Crippen molar-refractivity contribution < 1.29 is 24.3 Å². The van der Waals surface area contributed by atoms with E-state index in [1.54, 1.807) is 0 Å². The van der Waals surface area contributed by atoms with Gasteiger partial charge >= 0.3 is 5.97 Å². The Kier molecular flexibility index (Phi) is 17.1. The van der Waals surface area contributed by atoms with Crippen molar-refractivity contribution in [3.8, 4) is 0 Å². The van der Waals surface area contributed by atoms with Gasteiger partial charge in [0.2, 0.25) is 17.7 Å². The third-order valence-corrected chi connectivity index (χ3v) is 6.36. The highest BCUT2D eigenvalue weighted by Gasteiger charge is 2.30. The lowest BCUT2D eigenvalue weighted by Crippen LogP contribution is -2.57. The van der Waals surface area contributed by atoms with Gasteiger partial charge in [-0.1, -0.05) is 13.8 Å². The summed E-state index contributed by atoms with van der Waals surface area (Å²) in [6.07, 6.45) is 5.92. The van der Waals surface area contributed by atoms with Gasteiger partial charge in [0.05, 0.1) is 6.04 Å². The average Bonchev–Trinajstić information content (AvgIpc) is 2.77. The summed E-state index contributed by atoms with van der Waals surface area (Å²) in [5.74, 6) is -1.54. The smallest absolute Gasteiger partial charge is 0.326 e. The number of rotatable bonds is 18. The van der Waals surface area contributed by atoms with Gasteiger partial charge in [-0.05, 0) is 68.6 Å². The molecule has 0 aromatic carbocycles. The molecule has 0 aliphatic heterocycles. The summed E-state index contributed by atoms with van der Waals surface area (Å²) >= 11 is 3.01. The minimum atomic E-state index is -1.13. The first kappa shape index (κ1) is 31.5. The summed E-state index contributed by atoms with van der Waals surface area (Å²) in [6, 6.07) is -3.60. The molecule has 192 valence electrons. The van der Waals surface area contributed by atoms with Crippen LogP contribution in [0.5, 0.6) is 0 Å². The molecule has 10 nitrogen and oxygen atoms in total.